The maximum Gasteiger partial charge on any atom is 0.236 e. The molecule has 0 unspecified atom stereocenters. The molecular formula is C30H41ClF2N4O3S. The first-order chi connectivity index (χ1) is 19.6. The fraction of sp³-hybridized carbons (Fsp3) is 0.467. The van der Waals surface area contributed by atoms with Gasteiger partial charge in [-0.3, -0.25) is 14.5 Å². The van der Waals surface area contributed by atoms with Gasteiger partial charge in [0.25, 0.3) is 0 Å². The summed E-state index contributed by atoms with van der Waals surface area (Å²) in [5.74, 6) is -2.70. The number of carbonyl (C=O) groups is 2. The molecule has 1 fully saturated rings. The number of hydrogen-bond donors (Lipinski definition) is 1. The van der Waals surface area contributed by atoms with Crippen molar-refractivity contribution in [2.45, 2.75) is 50.8 Å². The van der Waals surface area contributed by atoms with E-state index in [9.17, 15) is 18.4 Å². The van der Waals surface area contributed by atoms with Crippen LogP contribution in [0.25, 0.3) is 0 Å². The zero-order valence-corrected chi connectivity index (χ0v) is 25.7. The van der Waals surface area contributed by atoms with E-state index in [1.54, 1.807) is 28.4 Å². The molecule has 0 aliphatic carbocycles. The summed E-state index contributed by atoms with van der Waals surface area (Å²) < 4.78 is 36.2. The van der Waals surface area contributed by atoms with Crippen LogP contribution >= 0.6 is 23.5 Å². The molecule has 0 atom stereocenters. The first-order valence-electron chi connectivity index (χ1n) is 13.6. The number of nitrogens with two attached hydrogens (primary N) is 1. The van der Waals surface area contributed by atoms with Gasteiger partial charge in [0.2, 0.25) is 11.8 Å². The first kappa shape index (κ1) is 36.2. The summed E-state index contributed by atoms with van der Waals surface area (Å²) in [7, 11) is 1.70. The predicted octanol–water partition coefficient (Wildman–Crippen LogP) is 6.21. The fourth-order valence-electron chi connectivity index (χ4n) is 3.60. The number of primary amides is 1. The van der Waals surface area contributed by atoms with Crippen LogP contribution in [-0.4, -0.2) is 72.2 Å². The van der Waals surface area contributed by atoms with E-state index in [-0.39, 0.29) is 29.6 Å². The Morgan fingerprint density at radius 2 is 1.59 bits per heavy atom. The van der Waals surface area contributed by atoms with Crippen molar-refractivity contribution in [3.8, 4) is 24.3 Å². The summed E-state index contributed by atoms with van der Waals surface area (Å²) in [5, 5.41) is 0.471. The molecule has 0 radical (unpaired) electrons. The first-order valence-corrected chi connectivity index (χ1v) is 14.7. The van der Waals surface area contributed by atoms with Gasteiger partial charge in [-0.2, -0.15) is 0 Å². The van der Waals surface area contributed by atoms with E-state index < -0.39 is 23.3 Å². The number of likely N-dealkylation sites (N-methyl/N-ethyl adjacent to an activating group) is 1. The van der Waals surface area contributed by atoms with Gasteiger partial charge in [-0.25, -0.2) is 13.1 Å². The lowest BCUT2D eigenvalue weighted by Crippen LogP contribution is -2.43. The molecule has 1 aliphatic rings. The SMILES string of the molecule is C#C.CCCC.CN(CCN(CC(N)=O)Sc1cc(F)c(Oc2ccc(Cl)cc2)c(F)c1)C(=O)CN1CCCCC1. The average molecular weight is 611 g/mol. The second-order valence-corrected chi connectivity index (χ2v) is 11.0. The molecular weight excluding hydrogens is 570 g/mol. The maximum absolute atomic E-state index is 14.7. The number of rotatable bonds is 12. The number of halogens is 3. The topological polar surface area (TPSA) is 79.1 Å². The van der Waals surface area contributed by atoms with Crippen molar-refractivity contribution < 1.29 is 23.1 Å². The smallest absolute Gasteiger partial charge is 0.236 e. The van der Waals surface area contributed by atoms with E-state index >= 15 is 0 Å². The number of carbonyl (C=O) groups excluding carboxylic acids is 2. The number of terminal acetylenes is 1. The van der Waals surface area contributed by atoms with Crippen LogP contribution in [-0.2, 0) is 9.59 Å². The van der Waals surface area contributed by atoms with E-state index in [1.807, 2.05) is 0 Å². The minimum absolute atomic E-state index is 0.0169. The standard InChI is InChI=1S/C24H29ClF2N4O3S.C4H10.C2H2/c1-29(23(33)16-30-9-3-2-4-10-30)11-12-31(15-22(28)32)35-19-13-20(26)24(21(27)14-19)34-18-7-5-17(25)6-8-18;1-3-4-2;1-2/h5-8,13-14H,2-4,9-12,15-16H2,1H3,(H2,28,32);3-4H2,1-2H3;1-2H. The largest absolute Gasteiger partial charge is 0.451 e. The van der Waals surface area contributed by atoms with E-state index in [0.29, 0.717) is 18.1 Å². The maximum atomic E-state index is 14.7. The number of piperidine rings is 1. The van der Waals surface area contributed by atoms with Crippen LogP contribution in [0.4, 0.5) is 8.78 Å². The third kappa shape index (κ3) is 14.1. The van der Waals surface area contributed by atoms with Gasteiger partial charge in [0, 0.05) is 30.1 Å². The molecule has 0 saturated carbocycles. The summed E-state index contributed by atoms with van der Waals surface area (Å²) in [6.07, 6.45) is 14.0. The number of likely N-dealkylation sites (tertiary alicyclic amines) is 1. The highest BCUT2D eigenvalue weighted by Crippen LogP contribution is 2.33. The molecule has 0 aromatic heterocycles. The van der Waals surface area contributed by atoms with Gasteiger partial charge in [0.05, 0.1) is 13.1 Å². The molecule has 7 nitrogen and oxygen atoms in total. The van der Waals surface area contributed by atoms with Gasteiger partial charge < -0.3 is 15.4 Å². The number of amides is 2. The third-order valence-corrected chi connectivity index (χ3v) is 7.26. The molecule has 41 heavy (non-hydrogen) atoms. The van der Waals surface area contributed by atoms with Crippen LogP contribution in [0.5, 0.6) is 11.5 Å². The van der Waals surface area contributed by atoms with Crippen LogP contribution in [0.15, 0.2) is 41.3 Å². The number of hydrogen-bond acceptors (Lipinski definition) is 6. The predicted molar refractivity (Wildman–Crippen MR) is 163 cm³/mol. The summed E-state index contributed by atoms with van der Waals surface area (Å²) in [6, 6.07) is 8.35. The summed E-state index contributed by atoms with van der Waals surface area (Å²) in [4.78, 5) is 28.1. The summed E-state index contributed by atoms with van der Waals surface area (Å²) >= 11 is 6.80. The molecule has 3 rings (SSSR count). The lowest BCUT2D eigenvalue weighted by Gasteiger charge is -2.29. The normalized spacial score (nSPS) is 12.9. The van der Waals surface area contributed by atoms with Crippen molar-refractivity contribution in [1.82, 2.24) is 14.1 Å². The van der Waals surface area contributed by atoms with Crippen molar-refractivity contribution in [3.05, 3.63) is 53.1 Å². The minimum Gasteiger partial charge on any atom is -0.451 e. The molecule has 0 spiro atoms. The molecule has 2 N–H and O–H groups in total. The van der Waals surface area contributed by atoms with Gasteiger partial charge in [-0.05, 0) is 74.3 Å². The van der Waals surface area contributed by atoms with E-state index in [2.05, 4.69) is 31.6 Å². The van der Waals surface area contributed by atoms with Crippen LogP contribution in [0, 0.1) is 24.5 Å². The highest BCUT2D eigenvalue weighted by Gasteiger charge is 2.20. The Labute approximate surface area is 252 Å². The van der Waals surface area contributed by atoms with Gasteiger partial charge in [0.1, 0.15) is 5.75 Å². The summed E-state index contributed by atoms with van der Waals surface area (Å²) in [5.41, 5.74) is 5.36. The van der Waals surface area contributed by atoms with E-state index in [1.165, 1.54) is 31.4 Å². The second kappa shape index (κ2) is 20.1. The van der Waals surface area contributed by atoms with Gasteiger partial charge in [-0.1, -0.05) is 44.7 Å². The Hall–Kier alpha value is -2.84. The number of unbranched alkanes of at least 4 members (excludes halogenated alkanes) is 1. The van der Waals surface area contributed by atoms with Crippen molar-refractivity contribution in [3.63, 3.8) is 0 Å². The zero-order chi connectivity index (χ0) is 30.8. The van der Waals surface area contributed by atoms with Crippen molar-refractivity contribution in [2.75, 3.05) is 46.3 Å². The lowest BCUT2D eigenvalue weighted by atomic mass is 10.1. The monoisotopic (exact) mass is 610 g/mol. The van der Waals surface area contributed by atoms with Gasteiger partial charge in [-0.15, -0.1) is 12.8 Å². The third-order valence-electron chi connectivity index (χ3n) is 5.99. The van der Waals surface area contributed by atoms with Crippen molar-refractivity contribution >= 4 is 35.4 Å². The minimum atomic E-state index is -0.893. The summed E-state index contributed by atoms with van der Waals surface area (Å²) in [6.45, 7) is 7.00. The molecule has 2 aromatic rings. The Morgan fingerprint density at radius 3 is 2.10 bits per heavy atom. The number of benzene rings is 2. The molecule has 1 saturated heterocycles. The Bertz CT molecular complexity index is 1070. The van der Waals surface area contributed by atoms with Crippen LogP contribution in [0.2, 0.25) is 5.02 Å². The highest BCUT2D eigenvalue weighted by molar-refractivity contribution is 7.97. The fourth-order valence-corrected chi connectivity index (χ4v) is 4.70. The Balaban J connectivity index is 0.00000129. The Kier molecular flexibility index (Phi) is 17.7. The van der Waals surface area contributed by atoms with Crippen LogP contribution < -0.4 is 10.5 Å². The number of ether oxygens (including phenoxy) is 1. The lowest BCUT2D eigenvalue weighted by molar-refractivity contribution is -0.131. The molecule has 2 amide bonds. The molecule has 2 aromatic carbocycles. The van der Waals surface area contributed by atoms with Crippen LogP contribution in [0.3, 0.4) is 0 Å². The van der Waals surface area contributed by atoms with Crippen molar-refractivity contribution in [2.24, 2.45) is 5.73 Å². The zero-order valence-electron chi connectivity index (χ0n) is 24.1. The molecule has 1 heterocycles. The molecule has 1 aliphatic heterocycles. The average Bonchev–Trinajstić information content (AvgIpc) is 2.96. The van der Waals surface area contributed by atoms with E-state index in [4.69, 9.17) is 22.1 Å². The van der Waals surface area contributed by atoms with Crippen molar-refractivity contribution in [1.29, 1.82) is 0 Å². The van der Waals surface area contributed by atoms with E-state index in [0.717, 1.165) is 50.0 Å². The number of nitrogens with zero attached hydrogens (tertiary/aromatic N) is 3. The second-order valence-electron chi connectivity index (χ2n) is 9.35. The molecule has 226 valence electrons. The Morgan fingerprint density at radius 1 is 1.02 bits per heavy atom. The molecule has 0 bridgehead atoms. The highest BCUT2D eigenvalue weighted by atomic mass is 35.5. The van der Waals surface area contributed by atoms with Gasteiger partial charge >= 0.3 is 0 Å². The molecule has 11 heteroatoms. The van der Waals surface area contributed by atoms with Crippen LogP contribution in [0.1, 0.15) is 46.0 Å². The quantitative estimate of drug-likeness (QED) is 0.228. The van der Waals surface area contributed by atoms with Gasteiger partial charge in [0.15, 0.2) is 17.4 Å².